The van der Waals surface area contributed by atoms with E-state index in [-0.39, 0.29) is 21.7 Å². The second-order valence-corrected chi connectivity index (χ2v) is 4.77. The van der Waals surface area contributed by atoms with Crippen molar-refractivity contribution >= 4 is 34.8 Å². The van der Waals surface area contributed by atoms with Crippen LogP contribution in [0.5, 0.6) is 0 Å². The first-order chi connectivity index (χ1) is 8.52. The van der Waals surface area contributed by atoms with Gasteiger partial charge in [0.15, 0.2) is 0 Å². The molecule has 1 N–H and O–H groups in total. The lowest BCUT2D eigenvalue weighted by Gasteiger charge is -2.09. The number of hydrogen-bond donors (Lipinski definition) is 1. The Bertz CT molecular complexity index is 581. The van der Waals surface area contributed by atoms with Crippen molar-refractivity contribution in [2.24, 2.45) is 0 Å². The van der Waals surface area contributed by atoms with E-state index in [9.17, 15) is 9.50 Å². The predicted molar refractivity (Wildman–Crippen MR) is 70.6 cm³/mol. The molecule has 0 unspecified atom stereocenters. The van der Waals surface area contributed by atoms with Crippen molar-refractivity contribution in [3.05, 3.63) is 50.8 Å². The Hall–Kier alpha value is -0.870. The fraction of sp³-hybridized carbons (Fsp3) is 0.0833. The number of aliphatic hydroxyl groups is 1. The standard InChI is InChI=1S/C12H7Cl3FNO/c13-9-2-6(3-10(14)11(9)15)12-7(5-18)1-8(16)4-17-12/h1-4,18H,5H2. The van der Waals surface area contributed by atoms with Gasteiger partial charge in [-0.2, -0.15) is 0 Å². The van der Waals surface area contributed by atoms with Crippen LogP contribution in [0.25, 0.3) is 11.3 Å². The molecule has 0 saturated carbocycles. The van der Waals surface area contributed by atoms with E-state index in [0.717, 1.165) is 6.20 Å². The zero-order valence-electron chi connectivity index (χ0n) is 8.92. The lowest BCUT2D eigenvalue weighted by molar-refractivity contribution is 0.281. The number of halogens is 4. The monoisotopic (exact) mass is 305 g/mol. The molecule has 0 bridgehead atoms. The molecule has 2 rings (SSSR count). The lowest BCUT2D eigenvalue weighted by atomic mass is 10.1. The number of hydrogen-bond acceptors (Lipinski definition) is 2. The SMILES string of the molecule is OCc1cc(F)cnc1-c1cc(Cl)c(Cl)c(Cl)c1. The molecule has 2 aromatic rings. The highest BCUT2D eigenvalue weighted by Gasteiger charge is 2.12. The Labute approximate surface area is 118 Å². The Morgan fingerprint density at radius 1 is 1.11 bits per heavy atom. The van der Waals surface area contributed by atoms with Gasteiger partial charge < -0.3 is 5.11 Å². The number of nitrogens with zero attached hydrogens (tertiary/aromatic N) is 1. The van der Waals surface area contributed by atoms with Crippen molar-refractivity contribution in [3.63, 3.8) is 0 Å². The molecule has 0 aliphatic heterocycles. The summed E-state index contributed by atoms with van der Waals surface area (Å²) in [5.41, 5.74) is 1.34. The first kappa shape index (κ1) is 13.6. The fourth-order valence-corrected chi connectivity index (χ4v) is 2.15. The molecule has 6 heteroatoms. The van der Waals surface area contributed by atoms with Crippen molar-refractivity contribution in [1.29, 1.82) is 0 Å². The maximum absolute atomic E-state index is 13.0. The van der Waals surface area contributed by atoms with Crippen LogP contribution in [0.15, 0.2) is 24.4 Å². The van der Waals surface area contributed by atoms with E-state index in [1.807, 2.05) is 0 Å². The van der Waals surface area contributed by atoms with E-state index in [0.29, 0.717) is 16.8 Å². The summed E-state index contributed by atoms with van der Waals surface area (Å²) < 4.78 is 13.0. The predicted octanol–water partition coefficient (Wildman–Crippen LogP) is 4.34. The second-order valence-electron chi connectivity index (χ2n) is 3.57. The van der Waals surface area contributed by atoms with E-state index < -0.39 is 5.82 Å². The van der Waals surface area contributed by atoms with Crippen molar-refractivity contribution in [3.8, 4) is 11.3 Å². The Morgan fingerprint density at radius 3 is 2.28 bits per heavy atom. The van der Waals surface area contributed by atoms with Crippen molar-refractivity contribution < 1.29 is 9.50 Å². The molecule has 0 radical (unpaired) electrons. The van der Waals surface area contributed by atoms with Gasteiger partial charge in [0.25, 0.3) is 0 Å². The van der Waals surface area contributed by atoms with Gasteiger partial charge in [0.2, 0.25) is 0 Å². The lowest BCUT2D eigenvalue weighted by Crippen LogP contribution is -1.95. The van der Waals surface area contributed by atoms with E-state index in [2.05, 4.69) is 4.98 Å². The summed E-state index contributed by atoms with van der Waals surface area (Å²) >= 11 is 17.7. The molecule has 18 heavy (non-hydrogen) atoms. The van der Waals surface area contributed by atoms with Crippen molar-refractivity contribution in [2.75, 3.05) is 0 Å². The minimum Gasteiger partial charge on any atom is -0.392 e. The van der Waals surface area contributed by atoms with Gasteiger partial charge in [-0.1, -0.05) is 34.8 Å². The molecule has 1 aromatic heterocycles. The van der Waals surface area contributed by atoms with Gasteiger partial charge in [0.05, 0.1) is 33.6 Å². The molecule has 1 heterocycles. The molecule has 94 valence electrons. The Balaban J connectivity index is 2.62. The number of pyridine rings is 1. The van der Waals surface area contributed by atoms with E-state index in [1.165, 1.54) is 6.07 Å². The molecule has 1 aromatic carbocycles. The highest BCUT2D eigenvalue weighted by molar-refractivity contribution is 6.48. The van der Waals surface area contributed by atoms with Crippen LogP contribution in [-0.4, -0.2) is 10.1 Å². The molecular weight excluding hydrogens is 299 g/mol. The smallest absolute Gasteiger partial charge is 0.141 e. The van der Waals surface area contributed by atoms with Gasteiger partial charge in [-0.05, 0) is 18.2 Å². The summed E-state index contributed by atoms with van der Waals surface area (Å²) in [4.78, 5) is 3.94. The van der Waals surface area contributed by atoms with Gasteiger partial charge in [-0.25, -0.2) is 4.39 Å². The zero-order chi connectivity index (χ0) is 13.3. The van der Waals surface area contributed by atoms with Crippen LogP contribution < -0.4 is 0 Å². The van der Waals surface area contributed by atoms with Gasteiger partial charge in [0.1, 0.15) is 5.82 Å². The third-order valence-corrected chi connectivity index (χ3v) is 3.56. The molecule has 0 aliphatic rings. The maximum atomic E-state index is 13.0. The number of aromatic nitrogens is 1. The van der Waals surface area contributed by atoms with Crippen LogP contribution in [0.1, 0.15) is 5.56 Å². The third kappa shape index (κ3) is 2.59. The molecule has 2 nitrogen and oxygen atoms in total. The van der Waals surface area contributed by atoms with Crippen LogP contribution in [0.3, 0.4) is 0 Å². The van der Waals surface area contributed by atoms with Crippen LogP contribution >= 0.6 is 34.8 Å². The first-order valence-corrected chi connectivity index (χ1v) is 6.06. The van der Waals surface area contributed by atoms with Gasteiger partial charge in [0, 0.05) is 11.1 Å². The molecule has 0 aliphatic carbocycles. The fourth-order valence-electron chi connectivity index (χ4n) is 1.55. The van der Waals surface area contributed by atoms with Crippen LogP contribution in [-0.2, 0) is 6.61 Å². The minimum absolute atomic E-state index is 0.245. The molecular formula is C12H7Cl3FNO. The summed E-state index contributed by atoms with van der Waals surface area (Å²) in [5.74, 6) is -0.519. The summed E-state index contributed by atoms with van der Waals surface area (Å²) in [6.07, 6.45) is 1.06. The maximum Gasteiger partial charge on any atom is 0.141 e. The molecule has 0 spiro atoms. The average Bonchev–Trinajstić information content (AvgIpc) is 2.35. The Morgan fingerprint density at radius 2 is 1.72 bits per heavy atom. The highest BCUT2D eigenvalue weighted by atomic mass is 35.5. The van der Waals surface area contributed by atoms with Crippen LogP contribution in [0, 0.1) is 5.82 Å². The molecule has 0 saturated heterocycles. The Kier molecular flexibility index (Phi) is 4.07. The summed E-state index contributed by atoms with van der Waals surface area (Å²) in [6, 6.07) is 4.34. The summed E-state index contributed by atoms with van der Waals surface area (Å²) in [6.45, 7) is -0.335. The van der Waals surface area contributed by atoms with Crippen LogP contribution in [0.2, 0.25) is 15.1 Å². The van der Waals surface area contributed by atoms with Crippen molar-refractivity contribution in [1.82, 2.24) is 4.98 Å². The average molecular weight is 307 g/mol. The van der Waals surface area contributed by atoms with E-state index >= 15 is 0 Å². The zero-order valence-corrected chi connectivity index (χ0v) is 11.2. The largest absolute Gasteiger partial charge is 0.392 e. The topological polar surface area (TPSA) is 33.1 Å². The van der Waals surface area contributed by atoms with E-state index in [4.69, 9.17) is 34.8 Å². The summed E-state index contributed by atoms with van der Waals surface area (Å²) in [5, 5.41) is 9.99. The van der Waals surface area contributed by atoms with Gasteiger partial charge >= 0.3 is 0 Å². The molecule has 0 fully saturated rings. The van der Waals surface area contributed by atoms with Crippen molar-refractivity contribution in [2.45, 2.75) is 6.61 Å². The van der Waals surface area contributed by atoms with E-state index in [1.54, 1.807) is 12.1 Å². The second kappa shape index (κ2) is 5.41. The number of aliphatic hydroxyl groups excluding tert-OH is 1. The molecule has 0 amide bonds. The highest BCUT2D eigenvalue weighted by Crippen LogP contribution is 2.35. The quantitative estimate of drug-likeness (QED) is 0.837. The number of rotatable bonds is 2. The normalized spacial score (nSPS) is 10.7. The van der Waals surface area contributed by atoms with Gasteiger partial charge in [-0.15, -0.1) is 0 Å². The minimum atomic E-state index is -0.519. The third-order valence-electron chi connectivity index (χ3n) is 2.36. The summed E-state index contributed by atoms with van der Waals surface area (Å²) in [7, 11) is 0. The van der Waals surface area contributed by atoms with Gasteiger partial charge in [-0.3, -0.25) is 4.98 Å². The van der Waals surface area contributed by atoms with Crippen LogP contribution in [0.4, 0.5) is 4.39 Å². The first-order valence-electron chi connectivity index (χ1n) is 4.93. The molecule has 0 atom stereocenters. The number of benzene rings is 1.